The Kier molecular flexibility index (Phi) is 5.99. The van der Waals surface area contributed by atoms with E-state index in [2.05, 4.69) is 24.1 Å². The van der Waals surface area contributed by atoms with Crippen molar-refractivity contribution in [1.29, 1.82) is 0 Å². The summed E-state index contributed by atoms with van der Waals surface area (Å²) in [7, 11) is 0. The molecule has 1 fully saturated rings. The number of hydrogen-bond donors (Lipinski definition) is 1. The van der Waals surface area contributed by atoms with Gasteiger partial charge in [0.05, 0.1) is 0 Å². The fraction of sp³-hybridized carbons (Fsp3) is 0.917. The maximum Gasteiger partial charge on any atom is 0.169 e. The Balaban J connectivity index is 2.33. The molecular formula is C12H24N2S. The third kappa shape index (κ3) is 4.37. The minimum Gasteiger partial charge on any atom is -0.360 e. The van der Waals surface area contributed by atoms with Crippen LogP contribution in [0.1, 0.15) is 52.4 Å². The van der Waals surface area contributed by atoms with Crippen molar-refractivity contribution in [2.24, 2.45) is 0 Å². The fourth-order valence-corrected chi connectivity index (χ4v) is 2.54. The van der Waals surface area contributed by atoms with E-state index in [0.29, 0.717) is 6.04 Å². The van der Waals surface area contributed by atoms with Crippen LogP contribution in [0.5, 0.6) is 0 Å². The van der Waals surface area contributed by atoms with Gasteiger partial charge in [-0.1, -0.05) is 26.7 Å². The lowest BCUT2D eigenvalue weighted by Gasteiger charge is -2.27. The zero-order valence-electron chi connectivity index (χ0n) is 10.1. The quantitative estimate of drug-likeness (QED) is 0.728. The number of nitrogens with one attached hydrogen (secondary N) is 1. The molecule has 2 nitrogen and oxygen atoms in total. The summed E-state index contributed by atoms with van der Waals surface area (Å²) in [6.07, 6.45) is 7.67. The average molecular weight is 228 g/mol. The topological polar surface area (TPSA) is 15.3 Å². The normalized spacial score (nSPS) is 16.7. The minimum atomic E-state index is 0.647. The summed E-state index contributed by atoms with van der Waals surface area (Å²) < 4.78 is 0. The largest absolute Gasteiger partial charge is 0.360 e. The van der Waals surface area contributed by atoms with Gasteiger partial charge in [-0.2, -0.15) is 0 Å². The van der Waals surface area contributed by atoms with Crippen LogP contribution in [0.25, 0.3) is 0 Å². The molecule has 0 unspecified atom stereocenters. The van der Waals surface area contributed by atoms with E-state index < -0.39 is 0 Å². The zero-order chi connectivity index (χ0) is 11.1. The predicted octanol–water partition coefficient (Wildman–Crippen LogP) is 2.93. The highest BCUT2D eigenvalue weighted by molar-refractivity contribution is 7.80. The van der Waals surface area contributed by atoms with Crippen molar-refractivity contribution in [3.63, 3.8) is 0 Å². The lowest BCUT2D eigenvalue weighted by molar-refractivity contribution is 0.402. The molecule has 15 heavy (non-hydrogen) atoms. The molecule has 1 aliphatic rings. The van der Waals surface area contributed by atoms with E-state index in [0.717, 1.165) is 18.2 Å². The Labute approximate surface area is 99.4 Å². The first kappa shape index (κ1) is 12.8. The van der Waals surface area contributed by atoms with Gasteiger partial charge in [-0.3, -0.25) is 0 Å². The second-order valence-electron chi connectivity index (χ2n) is 4.42. The molecule has 0 bridgehead atoms. The molecule has 88 valence electrons. The summed E-state index contributed by atoms with van der Waals surface area (Å²) in [6.45, 7) is 6.60. The molecule has 0 atom stereocenters. The van der Waals surface area contributed by atoms with Crippen LogP contribution in [0.2, 0.25) is 0 Å². The summed E-state index contributed by atoms with van der Waals surface area (Å²) in [6, 6.07) is 0.647. The van der Waals surface area contributed by atoms with Gasteiger partial charge in [0, 0.05) is 19.1 Å². The lowest BCUT2D eigenvalue weighted by Crippen LogP contribution is -2.44. The van der Waals surface area contributed by atoms with Crippen molar-refractivity contribution in [1.82, 2.24) is 10.2 Å². The summed E-state index contributed by atoms with van der Waals surface area (Å²) in [5.74, 6) is 0. The monoisotopic (exact) mass is 228 g/mol. The predicted molar refractivity (Wildman–Crippen MR) is 70.1 cm³/mol. The van der Waals surface area contributed by atoms with Gasteiger partial charge in [-0.05, 0) is 37.9 Å². The van der Waals surface area contributed by atoms with Gasteiger partial charge in [-0.15, -0.1) is 0 Å². The van der Waals surface area contributed by atoms with Crippen molar-refractivity contribution in [2.45, 2.75) is 58.4 Å². The average Bonchev–Trinajstić information content (AvgIpc) is 2.70. The molecule has 3 heteroatoms. The Hall–Kier alpha value is -0.310. The molecule has 0 aromatic heterocycles. The van der Waals surface area contributed by atoms with Crippen molar-refractivity contribution in [3.05, 3.63) is 0 Å². The molecule has 1 rings (SSSR count). The van der Waals surface area contributed by atoms with E-state index >= 15 is 0 Å². The molecule has 1 saturated carbocycles. The standard InChI is InChI=1S/C12H24N2S/c1-3-9-14(10-4-2)12(15)13-11-7-5-6-8-11/h11H,3-10H2,1-2H3,(H,13,15). The number of hydrogen-bond acceptors (Lipinski definition) is 1. The van der Waals surface area contributed by atoms with Crippen molar-refractivity contribution >= 4 is 17.3 Å². The summed E-state index contributed by atoms with van der Waals surface area (Å²) in [5, 5.41) is 4.48. The second kappa shape index (κ2) is 7.04. The Morgan fingerprint density at radius 1 is 1.20 bits per heavy atom. The van der Waals surface area contributed by atoms with Gasteiger partial charge in [-0.25, -0.2) is 0 Å². The molecule has 0 amide bonds. The molecular weight excluding hydrogens is 204 g/mol. The maximum atomic E-state index is 5.46. The summed E-state index contributed by atoms with van der Waals surface area (Å²) in [4.78, 5) is 2.31. The van der Waals surface area contributed by atoms with Crippen molar-refractivity contribution < 1.29 is 0 Å². The Bertz CT molecular complexity index is 182. The van der Waals surface area contributed by atoms with Gasteiger partial charge >= 0.3 is 0 Å². The molecule has 1 aliphatic carbocycles. The molecule has 0 aromatic carbocycles. The van der Waals surface area contributed by atoms with Crippen molar-refractivity contribution in [2.75, 3.05) is 13.1 Å². The van der Waals surface area contributed by atoms with E-state index in [1.54, 1.807) is 0 Å². The number of thiocarbonyl (C=S) groups is 1. The molecule has 1 N–H and O–H groups in total. The van der Waals surface area contributed by atoms with Crippen LogP contribution in [-0.4, -0.2) is 29.1 Å². The Morgan fingerprint density at radius 2 is 1.73 bits per heavy atom. The summed E-state index contributed by atoms with van der Waals surface area (Å²) >= 11 is 5.46. The molecule has 0 saturated heterocycles. The van der Waals surface area contributed by atoms with Gasteiger partial charge in [0.15, 0.2) is 5.11 Å². The SMILES string of the molecule is CCCN(CCC)C(=S)NC1CCCC1. The molecule has 0 radical (unpaired) electrons. The smallest absolute Gasteiger partial charge is 0.169 e. The van der Waals surface area contributed by atoms with Crippen LogP contribution in [0, 0.1) is 0 Å². The highest BCUT2D eigenvalue weighted by Crippen LogP contribution is 2.17. The third-order valence-electron chi connectivity index (χ3n) is 2.96. The van der Waals surface area contributed by atoms with E-state index in [1.165, 1.54) is 38.5 Å². The lowest BCUT2D eigenvalue weighted by atomic mass is 10.2. The first-order chi connectivity index (χ1) is 7.27. The first-order valence-electron chi connectivity index (χ1n) is 6.33. The summed E-state index contributed by atoms with van der Waals surface area (Å²) in [5.41, 5.74) is 0. The van der Waals surface area contributed by atoms with Gasteiger partial charge in [0.1, 0.15) is 0 Å². The molecule has 0 aliphatic heterocycles. The third-order valence-corrected chi connectivity index (χ3v) is 3.33. The zero-order valence-corrected chi connectivity index (χ0v) is 10.9. The van der Waals surface area contributed by atoms with Crippen LogP contribution >= 0.6 is 12.2 Å². The van der Waals surface area contributed by atoms with Crippen LogP contribution in [0.4, 0.5) is 0 Å². The number of rotatable bonds is 5. The minimum absolute atomic E-state index is 0.647. The van der Waals surface area contributed by atoms with Crippen LogP contribution in [-0.2, 0) is 0 Å². The maximum absolute atomic E-state index is 5.46. The van der Waals surface area contributed by atoms with Crippen molar-refractivity contribution in [3.8, 4) is 0 Å². The van der Waals surface area contributed by atoms with E-state index in [4.69, 9.17) is 12.2 Å². The molecule has 0 heterocycles. The highest BCUT2D eigenvalue weighted by Gasteiger charge is 2.17. The van der Waals surface area contributed by atoms with E-state index in [9.17, 15) is 0 Å². The highest BCUT2D eigenvalue weighted by atomic mass is 32.1. The first-order valence-corrected chi connectivity index (χ1v) is 6.74. The van der Waals surface area contributed by atoms with Gasteiger partial charge < -0.3 is 10.2 Å². The molecule has 0 aromatic rings. The number of nitrogens with zero attached hydrogens (tertiary/aromatic N) is 1. The molecule has 0 spiro atoms. The van der Waals surface area contributed by atoms with Crippen LogP contribution in [0.3, 0.4) is 0 Å². The van der Waals surface area contributed by atoms with E-state index in [-0.39, 0.29) is 0 Å². The Morgan fingerprint density at radius 3 is 2.20 bits per heavy atom. The van der Waals surface area contributed by atoms with Crippen LogP contribution < -0.4 is 5.32 Å². The van der Waals surface area contributed by atoms with Gasteiger partial charge in [0.2, 0.25) is 0 Å². The van der Waals surface area contributed by atoms with Crippen LogP contribution in [0.15, 0.2) is 0 Å². The van der Waals surface area contributed by atoms with E-state index in [1.807, 2.05) is 0 Å². The second-order valence-corrected chi connectivity index (χ2v) is 4.80. The van der Waals surface area contributed by atoms with Gasteiger partial charge in [0.25, 0.3) is 0 Å². The fourth-order valence-electron chi connectivity index (χ4n) is 2.19.